The maximum Gasteiger partial charge on any atom is 0.408 e. The number of rotatable bonds is 4. The molecule has 0 aromatic heterocycles. The van der Waals surface area contributed by atoms with Crippen LogP contribution in [0.1, 0.15) is 39.5 Å². The standard InChI is InChI=1S/C11H19NO4/c1-7(2)16-11(15)12-9(10(13)14)8-5-3-4-6-8/h7-9H,3-6H2,1-2H3,(H,12,15)(H,13,14). The van der Waals surface area contributed by atoms with Crippen molar-refractivity contribution in [2.24, 2.45) is 5.92 Å². The van der Waals surface area contributed by atoms with E-state index in [0.717, 1.165) is 25.7 Å². The molecule has 92 valence electrons. The SMILES string of the molecule is CC(C)OC(=O)NC(C(=O)O)C1CCCC1. The van der Waals surface area contributed by atoms with Gasteiger partial charge in [-0.25, -0.2) is 9.59 Å². The molecule has 5 nitrogen and oxygen atoms in total. The van der Waals surface area contributed by atoms with E-state index in [2.05, 4.69) is 5.32 Å². The number of amides is 1. The molecule has 1 aliphatic carbocycles. The van der Waals surface area contributed by atoms with E-state index >= 15 is 0 Å². The second-order valence-corrected chi connectivity index (χ2v) is 4.46. The quantitative estimate of drug-likeness (QED) is 0.770. The van der Waals surface area contributed by atoms with Gasteiger partial charge in [-0.1, -0.05) is 12.8 Å². The lowest BCUT2D eigenvalue weighted by atomic mass is 9.98. The van der Waals surface area contributed by atoms with Gasteiger partial charge >= 0.3 is 12.1 Å². The summed E-state index contributed by atoms with van der Waals surface area (Å²) < 4.78 is 4.88. The Morgan fingerprint density at radius 1 is 1.31 bits per heavy atom. The largest absolute Gasteiger partial charge is 0.480 e. The van der Waals surface area contributed by atoms with Gasteiger partial charge in [0.2, 0.25) is 0 Å². The highest BCUT2D eigenvalue weighted by molar-refractivity contribution is 5.80. The molecule has 1 aliphatic rings. The van der Waals surface area contributed by atoms with Crippen LogP contribution in [0.15, 0.2) is 0 Å². The maximum atomic E-state index is 11.3. The van der Waals surface area contributed by atoms with Crippen LogP contribution in [0.3, 0.4) is 0 Å². The second kappa shape index (κ2) is 5.72. The van der Waals surface area contributed by atoms with E-state index in [1.165, 1.54) is 0 Å². The number of nitrogens with one attached hydrogen (secondary N) is 1. The van der Waals surface area contributed by atoms with Gasteiger partial charge in [0.25, 0.3) is 0 Å². The van der Waals surface area contributed by atoms with Crippen molar-refractivity contribution in [3.63, 3.8) is 0 Å². The van der Waals surface area contributed by atoms with Crippen molar-refractivity contribution < 1.29 is 19.4 Å². The molecule has 1 unspecified atom stereocenters. The molecule has 1 fully saturated rings. The Balaban J connectivity index is 2.50. The highest BCUT2D eigenvalue weighted by Crippen LogP contribution is 2.27. The number of carboxylic acids is 1. The summed E-state index contributed by atoms with van der Waals surface area (Å²) in [5, 5.41) is 11.5. The molecule has 5 heteroatoms. The predicted octanol–water partition coefficient (Wildman–Crippen LogP) is 1.76. The maximum absolute atomic E-state index is 11.3. The summed E-state index contributed by atoms with van der Waals surface area (Å²) in [6.07, 6.45) is 2.91. The number of aliphatic carboxylic acids is 1. The molecule has 0 radical (unpaired) electrons. The van der Waals surface area contributed by atoms with Crippen molar-refractivity contribution in [1.29, 1.82) is 0 Å². The minimum Gasteiger partial charge on any atom is -0.480 e. The molecule has 1 atom stereocenters. The van der Waals surface area contributed by atoms with Crippen molar-refractivity contribution >= 4 is 12.1 Å². The zero-order valence-electron chi connectivity index (χ0n) is 9.73. The fourth-order valence-corrected chi connectivity index (χ4v) is 2.05. The van der Waals surface area contributed by atoms with E-state index in [4.69, 9.17) is 9.84 Å². The Labute approximate surface area is 95.2 Å². The molecule has 2 N–H and O–H groups in total. The van der Waals surface area contributed by atoms with Crippen LogP contribution < -0.4 is 5.32 Å². The molecule has 0 aromatic rings. The first-order valence-electron chi connectivity index (χ1n) is 5.70. The van der Waals surface area contributed by atoms with Gasteiger partial charge in [0.15, 0.2) is 0 Å². The van der Waals surface area contributed by atoms with Gasteiger partial charge < -0.3 is 15.2 Å². The molecule has 0 aromatic carbocycles. The summed E-state index contributed by atoms with van der Waals surface area (Å²) in [6, 6.07) is -0.811. The lowest BCUT2D eigenvalue weighted by molar-refractivity contribution is -0.140. The molecule has 0 heterocycles. The van der Waals surface area contributed by atoms with Crippen LogP contribution >= 0.6 is 0 Å². The fraction of sp³-hybridized carbons (Fsp3) is 0.818. The average Bonchev–Trinajstić information content (AvgIpc) is 2.64. The third-order valence-electron chi connectivity index (χ3n) is 2.75. The molecule has 0 bridgehead atoms. The molecule has 0 aliphatic heterocycles. The number of carbonyl (C=O) groups is 2. The summed E-state index contributed by atoms with van der Waals surface area (Å²) in [4.78, 5) is 22.4. The Morgan fingerprint density at radius 2 is 1.88 bits per heavy atom. The van der Waals surface area contributed by atoms with E-state index in [1.54, 1.807) is 13.8 Å². The molecule has 1 amide bonds. The third kappa shape index (κ3) is 3.72. The smallest absolute Gasteiger partial charge is 0.408 e. The van der Waals surface area contributed by atoms with Crippen LogP contribution in [0, 0.1) is 5.92 Å². The first kappa shape index (κ1) is 12.8. The summed E-state index contributed by atoms with van der Waals surface area (Å²) in [6.45, 7) is 3.45. The van der Waals surface area contributed by atoms with Crippen molar-refractivity contribution in [3.05, 3.63) is 0 Å². The molecule has 1 saturated carbocycles. The molecule has 16 heavy (non-hydrogen) atoms. The monoisotopic (exact) mass is 229 g/mol. The summed E-state index contributed by atoms with van der Waals surface area (Å²) >= 11 is 0. The van der Waals surface area contributed by atoms with Gasteiger partial charge in [0.1, 0.15) is 6.04 Å². The van der Waals surface area contributed by atoms with Crippen molar-refractivity contribution in [2.45, 2.75) is 51.7 Å². The Hall–Kier alpha value is -1.26. The number of carbonyl (C=O) groups excluding carboxylic acids is 1. The van der Waals surface area contributed by atoms with E-state index in [-0.39, 0.29) is 12.0 Å². The van der Waals surface area contributed by atoms with Gasteiger partial charge in [0.05, 0.1) is 6.10 Å². The van der Waals surface area contributed by atoms with Crippen LogP contribution in [0.25, 0.3) is 0 Å². The van der Waals surface area contributed by atoms with Crippen LogP contribution in [0.5, 0.6) is 0 Å². The van der Waals surface area contributed by atoms with Crippen LogP contribution in [0.4, 0.5) is 4.79 Å². The Bertz CT molecular complexity index is 259. The first-order chi connectivity index (χ1) is 7.50. The first-order valence-corrected chi connectivity index (χ1v) is 5.70. The van der Waals surface area contributed by atoms with E-state index in [1.807, 2.05) is 0 Å². The Kier molecular flexibility index (Phi) is 4.58. The molecular formula is C11H19NO4. The minimum atomic E-state index is -0.979. The van der Waals surface area contributed by atoms with Crippen molar-refractivity contribution in [3.8, 4) is 0 Å². The second-order valence-electron chi connectivity index (χ2n) is 4.46. The molecule has 0 saturated heterocycles. The third-order valence-corrected chi connectivity index (χ3v) is 2.75. The molecular weight excluding hydrogens is 210 g/mol. The van der Waals surface area contributed by atoms with Crippen LogP contribution in [-0.4, -0.2) is 29.3 Å². The van der Waals surface area contributed by atoms with E-state index in [0.29, 0.717) is 0 Å². The van der Waals surface area contributed by atoms with E-state index < -0.39 is 18.1 Å². The summed E-state index contributed by atoms with van der Waals surface area (Å²) in [7, 11) is 0. The van der Waals surface area contributed by atoms with Crippen molar-refractivity contribution in [2.75, 3.05) is 0 Å². The van der Waals surface area contributed by atoms with Gasteiger partial charge in [-0.05, 0) is 32.6 Å². The highest BCUT2D eigenvalue weighted by Gasteiger charge is 2.32. The minimum absolute atomic E-state index is 0.0391. The highest BCUT2D eigenvalue weighted by atomic mass is 16.6. The lowest BCUT2D eigenvalue weighted by Gasteiger charge is -2.20. The Morgan fingerprint density at radius 3 is 2.31 bits per heavy atom. The number of hydrogen-bond acceptors (Lipinski definition) is 3. The van der Waals surface area contributed by atoms with Gasteiger partial charge in [-0.15, -0.1) is 0 Å². The summed E-state index contributed by atoms with van der Waals surface area (Å²) in [5.74, 6) is -0.940. The average molecular weight is 229 g/mol. The zero-order valence-corrected chi connectivity index (χ0v) is 9.73. The molecule has 0 spiro atoms. The number of ether oxygens (including phenoxy) is 1. The van der Waals surface area contributed by atoms with Gasteiger partial charge in [-0.2, -0.15) is 0 Å². The predicted molar refractivity (Wildman–Crippen MR) is 58.1 cm³/mol. The normalized spacial score (nSPS) is 18.4. The fourth-order valence-electron chi connectivity index (χ4n) is 2.05. The van der Waals surface area contributed by atoms with Gasteiger partial charge in [0, 0.05) is 0 Å². The number of alkyl carbamates (subject to hydrolysis) is 1. The summed E-state index contributed by atoms with van der Waals surface area (Å²) in [5.41, 5.74) is 0. The number of hydrogen-bond donors (Lipinski definition) is 2. The number of carboxylic acid groups (broad SMARTS) is 1. The van der Waals surface area contributed by atoms with E-state index in [9.17, 15) is 9.59 Å². The molecule has 1 rings (SSSR count). The van der Waals surface area contributed by atoms with Gasteiger partial charge in [-0.3, -0.25) is 0 Å². The van der Waals surface area contributed by atoms with Crippen LogP contribution in [-0.2, 0) is 9.53 Å². The zero-order chi connectivity index (χ0) is 12.1. The lowest BCUT2D eigenvalue weighted by Crippen LogP contribution is -2.46. The van der Waals surface area contributed by atoms with Crippen molar-refractivity contribution in [1.82, 2.24) is 5.32 Å². The van der Waals surface area contributed by atoms with Crippen LogP contribution in [0.2, 0.25) is 0 Å². The topological polar surface area (TPSA) is 75.6 Å².